The van der Waals surface area contributed by atoms with E-state index in [0.717, 1.165) is 10.9 Å². The average molecular weight is 254 g/mol. The number of nitrogens with zero attached hydrogens (tertiary/aromatic N) is 1. The van der Waals surface area contributed by atoms with Gasteiger partial charge in [-0.3, -0.25) is 4.79 Å². The number of fused-ring (bicyclic) bond motifs is 1. The summed E-state index contributed by atoms with van der Waals surface area (Å²) in [5.41, 5.74) is 7.25. The summed E-state index contributed by atoms with van der Waals surface area (Å²) in [5, 5.41) is 1.39. The van der Waals surface area contributed by atoms with Gasteiger partial charge in [-0.1, -0.05) is 11.6 Å². The average Bonchev–Trinajstić information content (AvgIpc) is 2.72. The molecule has 5 nitrogen and oxygen atoms in total. The number of carbonyl (C=O) groups is 1. The van der Waals surface area contributed by atoms with Gasteiger partial charge in [0.15, 0.2) is 0 Å². The van der Waals surface area contributed by atoms with E-state index in [0.29, 0.717) is 17.1 Å². The number of hydrogen-bond donors (Lipinski definition) is 2. The van der Waals surface area contributed by atoms with Gasteiger partial charge in [0, 0.05) is 24.2 Å². The van der Waals surface area contributed by atoms with E-state index in [1.54, 1.807) is 18.5 Å². The predicted octanol–water partition coefficient (Wildman–Crippen LogP) is 1.26. The number of esters is 1. The van der Waals surface area contributed by atoms with Crippen molar-refractivity contribution in [1.82, 2.24) is 9.97 Å². The van der Waals surface area contributed by atoms with Crippen molar-refractivity contribution in [3.8, 4) is 0 Å². The highest BCUT2D eigenvalue weighted by molar-refractivity contribution is 6.35. The van der Waals surface area contributed by atoms with Crippen molar-refractivity contribution in [2.24, 2.45) is 5.73 Å². The summed E-state index contributed by atoms with van der Waals surface area (Å²) in [4.78, 5) is 18.4. The van der Waals surface area contributed by atoms with Crippen molar-refractivity contribution < 1.29 is 9.53 Å². The number of rotatable bonds is 3. The Morgan fingerprint density at radius 2 is 2.47 bits per heavy atom. The van der Waals surface area contributed by atoms with Crippen LogP contribution in [0, 0.1) is 0 Å². The number of hydrogen-bond acceptors (Lipinski definition) is 4. The number of aromatic amines is 1. The van der Waals surface area contributed by atoms with Gasteiger partial charge in [0.1, 0.15) is 11.7 Å². The van der Waals surface area contributed by atoms with Gasteiger partial charge in [0.2, 0.25) is 0 Å². The molecule has 0 aliphatic carbocycles. The second-order valence-corrected chi connectivity index (χ2v) is 4.07. The van der Waals surface area contributed by atoms with Gasteiger partial charge in [-0.05, 0) is 11.6 Å². The Morgan fingerprint density at radius 1 is 1.71 bits per heavy atom. The molecule has 0 aliphatic rings. The largest absolute Gasteiger partial charge is 0.468 e. The second-order valence-electron chi connectivity index (χ2n) is 3.66. The van der Waals surface area contributed by atoms with Crippen LogP contribution in [0.2, 0.25) is 5.02 Å². The van der Waals surface area contributed by atoms with E-state index in [4.69, 9.17) is 17.3 Å². The van der Waals surface area contributed by atoms with E-state index in [2.05, 4.69) is 14.7 Å². The molecule has 3 N–H and O–H groups in total. The summed E-state index contributed by atoms with van der Waals surface area (Å²) >= 11 is 6.08. The zero-order valence-corrected chi connectivity index (χ0v) is 9.99. The summed E-state index contributed by atoms with van der Waals surface area (Å²) in [6.07, 6.45) is 3.73. The number of aromatic nitrogens is 2. The number of methoxy groups -OCH3 is 1. The Bertz CT molecular complexity index is 553. The second kappa shape index (κ2) is 4.73. The van der Waals surface area contributed by atoms with Gasteiger partial charge < -0.3 is 15.5 Å². The van der Waals surface area contributed by atoms with E-state index in [1.165, 1.54) is 7.11 Å². The van der Waals surface area contributed by atoms with Crippen molar-refractivity contribution in [2.45, 2.75) is 12.5 Å². The Labute approximate surface area is 103 Å². The third-order valence-electron chi connectivity index (χ3n) is 2.55. The van der Waals surface area contributed by atoms with Crippen LogP contribution in [-0.2, 0) is 16.0 Å². The lowest BCUT2D eigenvalue weighted by Crippen LogP contribution is -2.33. The van der Waals surface area contributed by atoms with Crippen LogP contribution < -0.4 is 5.73 Å². The van der Waals surface area contributed by atoms with Crippen LogP contribution in [0.3, 0.4) is 0 Å². The summed E-state index contributed by atoms with van der Waals surface area (Å²) in [7, 11) is 1.31. The Morgan fingerprint density at radius 3 is 3.18 bits per heavy atom. The smallest absolute Gasteiger partial charge is 0.322 e. The minimum absolute atomic E-state index is 0.359. The molecule has 0 aliphatic heterocycles. The SMILES string of the molecule is COC(=O)C(N)Cc1c[nH]c2nccc(Cl)c12. The van der Waals surface area contributed by atoms with E-state index in [1.807, 2.05) is 0 Å². The standard InChI is InChI=1S/C11H12ClN3O2/c1-17-11(16)8(13)4-6-5-15-10-9(6)7(12)2-3-14-10/h2-3,5,8H,4,13H2,1H3,(H,14,15). The molecule has 0 amide bonds. The lowest BCUT2D eigenvalue weighted by molar-refractivity contribution is -0.142. The number of nitrogens with one attached hydrogen (secondary N) is 1. The number of halogens is 1. The molecule has 0 saturated heterocycles. The minimum atomic E-state index is -0.699. The predicted molar refractivity (Wildman–Crippen MR) is 64.8 cm³/mol. The summed E-state index contributed by atoms with van der Waals surface area (Å²) in [6.45, 7) is 0. The van der Waals surface area contributed by atoms with Crippen molar-refractivity contribution in [3.63, 3.8) is 0 Å². The van der Waals surface area contributed by atoms with Crippen LogP contribution in [0.1, 0.15) is 5.56 Å². The fraction of sp³-hybridized carbons (Fsp3) is 0.273. The van der Waals surface area contributed by atoms with Gasteiger partial charge in [-0.2, -0.15) is 0 Å². The zero-order chi connectivity index (χ0) is 12.4. The molecule has 0 fully saturated rings. The first-order chi connectivity index (χ1) is 8.13. The topological polar surface area (TPSA) is 81.0 Å². The molecule has 1 unspecified atom stereocenters. The van der Waals surface area contributed by atoms with Crippen LogP contribution in [0.5, 0.6) is 0 Å². The van der Waals surface area contributed by atoms with Crippen molar-refractivity contribution in [2.75, 3.05) is 7.11 Å². The van der Waals surface area contributed by atoms with E-state index < -0.39 is 12.0 Å². The minimum Gasteiger partial charge on any atom is -0.468 e. The lowest BCUT2D eigenvalue weighted by atomic mass is 10.1. The summed E-state index contributed by atoms with van der Waals surface area (Å²) < 4.78 is 4.58. The molecule has 0 aromatic carbocycles. The highest BCUT2D eigenvalue weighted by Gasteiger charge is 2.17. The van der Waals surface area contributed by atoms with Crippen LogP contribution in [0.25, 0.3) is 11.0 Å². The molecule has 2 aromatic rings. The maximum atomic E-state index is 11.3. The highest BCUT2D eigenvalue weighted by atomic mass is 35.5. The van der Waals surface area contributed by atoms with Gasteiger partial charge >= 0.3 is 5.97 Å². The summed E-state index contributed by atoms with van der Waals surface area (Å²) in [5.74, 6) is -0.445. The number of ether oxygens (including phenoxy) is 1. The molecule has 6 heteroatoms. The molecule has 0 saturated carbocycles. The number of nitrogens with two attached hydrogens (primary N) is 1. The molecule has 0 spiro atoms. The molecule has 90 valence electrons. The first-order valence-electron chi connectivity index (χ1n) is 5.07. The van der Waals surface area contributed by atoms with Crippen molar-refractivity contribution >= 4 is 28.6 Å². The molecule has 2 aromatic heterocycles. The van der Waals surface area contributed by atoms with Crippen LogP contribution in [-0.4, -0.2) is 29.1 Å². The van der Waals surface area contributed by atoms with Crippen LogP contribution in [0.4, 0.5) is 0 Å². The normalized spacial score (nSPS) is 12.6. The van der Waals surface area contributed by atoms with Crippen LogP contribution in [0.15, 0.2) is 18.5 Å². The molecule has 2 rings (SSSR count). The maximum absolute atomic E-state index is 11.3. The van der Waals surface area contributed by atoms with Crippen molar-refractivity contribution in [1.29, 1.82) is 0 Å². The molecule has 17 heavy (non-hydrogen) atoms. The van der Waals surface area contributed by atoms with Gasteiger partial charge in [-0.15, -0.1) is 0 Å². The van der Waals surface area contributed by atoms with E-state index >= 15 is 0 Å². The molecule has 0 bridgehead atoms. The number of pyridine rings is 1. The quantitative estimate of drug-likeness (QED) is 0.807. The zero-order valence-electron chi connectivity index (χ0n) is 9.24. The third-order valence-corrected chi connectivity index (χ3v) is 2.86. The van der Waals surface area contributed by atoms with E-state index in [9.17, 15) is 4.79 Å². The third kappa shape index (κ3) is 2.25. The van der Waals surface area contributed by atoms with Gasteiger partial charge in [0.05, 0.1) is 12.1 Å². The first-order valence-corrected chi connectivity index (χ1v) is 5.45. The number of H-pyrrole nitrogens is 1. The highest BCUT2D eigenvalue weighted by Crippen LogP contribution is 2.25. The fourth-order valence-electron chi connectivity index (χ4n) is 1.71. The first kappa shape index (κ1) is 11.9. The lowest BCUT2D eigenvalue weighted by Gasteiger charge is -2.08. The Kier molecular flexibility index (Phi) is 3.31. The maximum Gasteiger partial charge on any atom is 0.322 e. The molecular weight excluding hydrogens is 242 g/mol. The Hall–Kier alpha value is -1.59. The molecule has 1 atom stereocenters. The van der Waals surface area contributed by atoms with E-state index in [-0.39, 0.29) is 0 Å². The summed E-state index contributed by atoms with van der Waals surface area (Å²) in [6, 6.07) is 1.00. The molecular formula is C11H12ClN3O2. The fourth-order valence-corrected chi connectivity index (χ4v) is 1.98. The number of carbonyl (C=O) groups excluding carboxylic acids is 1. The molecule has 0 radical (unpaired) electrons. The van der Waals surface area contributed by atoms with Crippen LogP contribution >= 0.6 is 11.6 Å². The van der Waals surface area contributed by atoms with Gasteiger partial charge in [0.25, 0.3) is 0 Å². The Balaban J connectivity index is 2.34. The monoisotopic (exact) mass is 253 g/mol. The van der Waals surface area contributed by atoms with Crippen molar-refractivity contribution in [3.05, 3.63) is 29.0 Å². The molecule has 2 heterocycles. The van der Waals surface area contributed by atoms with Gasteiger partial charge in [-0.25, -0.2) is 4.98 Å².